The minimum absolute atomic E-state index is 0.661. The number of imidazole rings is 2. The van der Waals surface area contributed by atoms with Gasteiger partial charge in [-0.2, -0.15) is 0 Å². The van der Waals surface area contributed by atoms with Crippen LogP contribution >= 0.6 is 0 Å². The maximum Gasteiger partial charge on any atom is 0.110 e. The topological polar surface area (TPSA) is 61.7 Å². The van der Waals surface area contributed by atoms with Gasteiger partial charge in [-0.05, 0) is 6.54 Å². The van der Waals surface area contributed by atoms with Crippen LogP contribution in [0, 0.1) is 0 Å². The van der Waals surface area contributed by atoms with Crippen LogP contribution in [0.15, 0.2) is 24.9 Å². The molecule has 0 bridgehead atoms. The van der Waals surface area contributed by atoms with Gasteiger partial charge in [0.15, 0.2) is 0 Å². The van der Waals surface area contributed by atoms with E-state index in [4.69, 9.17) is 5.73 Å². The van der Waals surface area contributed by atoms with Gasteiger partial charge in [0.1, 0.15) is 5.82 Å². The number of nitrogens with two attached hydrogens (primary N) is 1. The van der Waals surface area contributed by atoms with Gasteiger partial charge in [-0.3, -0.25) is 0 Å². The summed E-state index contributed by atoms with van der Waals surface area (Å²) in [6.45, 7) is 1.56. The molecule has 2 aromatic rings. The average molecular weight is 219 g/mol. The van der Waals surface area contributed by atoms with E-state index in [2.05, 4.69) is 14.5 Å². The molecule has 5 heteroatoms. The molecule has 0 unspecified atom stereocenters. The second-order valence-electron chi connectivity index (χ2n) is 3.82. The lowest BCUT2D eigenvalue weighted by Crippen LogP contribution is -2.11. The lowest BCUT2D eigenvalue weighted by atomic mass is 10.3. The zero-order valence-corrected chi connectivity index (χ0v) is 9.50. The first-order valence-corrected chi connectivity index (χ1v) is 5.46. The highest BCUT2D eigenvalue weighted by Crippen LogP contribution is 2.03. The minimum atomic E-state index is 0.661. The molecular weight excluding hydrogens is 202 g/mol. The van der Waals surface area contributed by atoms with Crippen molar-refractivity contribution in [2.75, 3.05) is 6.54 Å². The van der Waals surface area contributed by atoms with E-state index in [1.54, 1.807) is 0 Å². The van der Waals surface area contributed by atoms with Gasteiger partial charge in [-0.25, -0.2) is 9.97 Å². The fourth-order valence-corrected chi connectivity index (χ4v) is 1.76. The molecule has 2 rings (SSSR count). The fraction of sp³-hybridized carbons (Fsp3) is 0.455. The highest BCUT2D eigenvalue weighted by atomic mass is 15.1. The standard InChI is InChI=1S/C11H17N5/c1-15-7-5-14-11(15)3-6-16-9-13-8-10(16)2-4-12/h5,7-9H,2-4,6,12H2,1H3. The van der Waals surface area contributed by atoms with Crippen molar-refractivity contribution in [3.63, 3.8) is 0 Å². The molecule has 0 aliphatic heterocycles. The van der Waals surface area contributed by atoms with E-state index in [-0.39, 0.29) is 0 Å². The molecule has 0 fully saturated rings. The highest BCUT2D eigenvalue weighted by molar-refractivity contribution is 5.00. The lowest BCUT2D eigenvalue weighted by molar-refractivity contribution is 0.625. The first-order valence-electron chi connectivity index (χ1n) is 5.46. The summed E-state index contributed by atoms with van der Waals surface area (Å²) in [5.41, 5.74) is 6.74. The van der Waals surface area contributed by atoms with Crippen molar-refractivity contribution in [1.29, 1.82) is 0 Å². The predicted molar refractivity (Wildman–Crippen MR) is 61.9 cm³/mol. The van der Waals surface area contributed by atoms with Gasteiger partial charge >= 0.3 is 0 Å². The van der Waals surface area contributed by atoms with E-state index in [1.165, 1.54) is 5.69 Å². The van der Waals surface area contributed by atoms with Crippen LogP contribution in [0.1, 0.15) is 11.5 Å². The normalized spacial score (nSPS) is 10.9. The van der Waals surface area contributed by atoms with Crippen LogP contribution in [-0.4, -0.2) is 25.6 Å². The quantitative estimate of drug-likeness (QED) is 0.790. The summed E-state index contributed by atoms with van der Waals surface area (Å²) in [5.74, 6) is 1.09. The Balaban J connectivity index is 1.99. The molecular formula is C11H17N5. The van der Waals surface area contributed by atoms with Crippen molar-refractivity contribution >= 4 is 0 Å². The molecule has 0 aliphatic carbocycles. The first-order chi connectivity index (χ1) is 7.81. The van der Waals surface area contributed by atoms with Gasteiger partial charge in [-0.15, -0.1) is 0 Å². The van der Waals surface area contributed by atoms with Crippen LogP contribution < -0.4 is 5.73 Å². The molecule has 0 amide bonds. The first kappa shape index (κ1) is 10.9. The fourth-order valence-electron chi connectivity index (χ4n) is 1.76. The third-order valence-electron chi connectivity index (χ3n) is 2.70. The minimum Gasteiger partial charge on any atom is -0.338 e. The molecule has 86 valence electrons. The predicted octanol–water partition coefficient (Wildman–Crippen LogP) is 0.360. The van der Waals surface area contributed by atoms with Crippen LogP contribution in [0.3, 0.4) is 0 Å². The van der Waals surface area contributed by atoms with E-state index in [0.29, 0.717) is 6.54 Å². The third kappa shape index (κ3) is 2.30. The summed E-state index contributed by atoms with van der Waals surface area (Å²) in [6.07, 6.45) is 9.31. The van der Waals surface area contributed by atoms with Crippen molar-refractivity contribution < 1.29 is 0 Å². The Kier molecular flexibility index (Phi) is 3.36. The molecule has 2 aromatic heterocycles. The van der Waals surface area contributed by atoms with Crippen LogP contribution in [0.2, 0.25) is 0 Å². The Morgan fingerprint density at radius 1 is 1.38 bits per heavy atom. The molecule has 2 heterocycles. The molecule has 0 saturated heterocycles. The third-order valence-corrected chi connectivity index (χ3v) is 2.70. The zero-order chi connectivity index (χ0) is 11.4. The van der Waals surface area contributed by atoms with Crippen LogP contribution in [-0.2, 0) is 26.4 Å². The highest BCUT2D eigenvalue weighted by Gasteiger charge is 2.03. The molecule has 0 saturated carbocycles. The van der Waals surface area contributed by atoms with Crippen molar-refractivity contribution in [2.45, 2.75) is 19.4 Å². The van der Waals surface area contributed by atoms with Crippen LogP contribution in [0.25, 0.3) is 0 Å². The Bertz CT molecular complexity index is 443. The second kappa shape index (κ2) is 4.94. The summed E-state index contributed by atoms with van der Waals surface area (Å²) in [7, 11) is 2.01. The number of aryl methyl sites for hydroxylation is 3. The van der Waals surface area contributed by atoms with Crippen LogP contribution in [0.5, 0.6) is 0 Å². The van der Waals surface area contributed by atoms with Crippen molar-refractivity contribution in [3.8, 4) is 0 Å². The van der Waals surface area contributed by atoms with Gasteiger partial charge in [0, 0.05) is 50.7 Å². The van der Waals surface area contributed by atoms with E-state index in [1.807, 2.05) is 36.5 Å². The Morgan fingerprint density at radius 2 is 2.25 bits per heavy atom. The van der Waals surface area contributed by atoms with Gasteiger partial charge in [0.25, 0.3) is 0 Å². The van der Waals surface area contributed by atoms with E-state index in [9.17, 15) is 0 Å². The number of rotatable bonds is 5. The average Bonchev–Trinajstić information content (AvgIpc) is 2.86. The molecule has 5 nitrogen and oxygen atoms in total. The number of hydrogen-bond acceptors (Lipinski definition) is 3. The Hall–Kier alpha value is -1.62. The zero-order valence-electron chi connectivity index (χ0n) is 9.50. The van der Waals surface area contributed by atoms with Crippen molar-refractivity contribution in [2.24, 2.45) is 12.8 Å². The maximum absolute atomic E-state index is 5.55. The summed E-state index contributed by atoms with van der Waals surface area (Å²) in [5, 5.41) is 0. The molecule has 0 atom stereocenters. The number of aromatic nitrogens is 4. The van der Waals surface area contributed by atoms with Crippen molar-refractivity contribution in [3.05, 3.63) is 36.4 Å². The lowest BCUT2D eigenvalue weighted by Gasteiger charge is -2.07. The van der Waals surface area contributed by atoms with E-state index >= 15 is 0 Å². The SMILES string of the molecule is Cn1ccnc1CCn1cncc1CCN. The summed E-state index contributed by atoms with van der Waals surface area (Å²) < 4.78 is 4.18. The molecule has 0 spiro atoms. The summed E-state index contributed by atoms with van der Waals surface area (Å²) in [6, 6.07) is 0. The summed E-state index contributed by atoms with van der Waals surface area (Å²) >= 11 is 0. The molecule has 2 N–H and O–H groups in total. The van der Waals surface area contributed by atoms with E-state index in [0.717, 1.165) is 25.2 Å². The number of hydrogen-bond donors (Lipinski definition) is 1. The smallest absolute Gasteiger partial charge is 0.110 e. The molecule has 0 aliphatic rings. The van der Waals surface area contributed by atoms with Crippen LogP contribution in [0.4, 0.5) is 0 Å². The van der Waals surface area contributed by atoms with E-state index < -0.39 is 0 Å². The van der Waals surface area contributed by atoms with Crippen molar-refractivity contribution in [1.82, 2.24) is 19.1 Å². The molecule has 0 radical (unpaired) electrons. The Morgan fingerprint density at radius 3 is 2.94 bits per heavy atom. The summed E-state index contributed by atoms with van der Waals surface area (Å²) in [4.78, 5) is 8.44. The molecule has 16 heavy (non-hydrogen) atoms. The largest absolute Gasteiger partial charge is 0.338 e. The van der Waals surface area contributed by atoms with Gasteiger partial charge in [0.2, 0.25) is 0 Å². The Labute approximate surface area is 94.9 Å². The number of nitrogens with zero attached hydrogens (tertiary/aromatic N) is 4. The maximum atomic E-state index is 5.55. The van der Waals surface area contributed by atoms with Gasteiger partial charge in [0.05, 0.1) is 6.33 Å². The second-order valence-corrected chi connectivity index (χ2v) is 3.82. The van der Waals surface area contributed by atoms with Gasteiger partial charge in [-0.1, -0.05) is 0 Å². The molecule has 0 aromatic carbocycles. The van der Waals surface area contributed by atoms with Gasteiger partial charge < -0.3 is 14.9 Å². The monoisotopic (exact) mass is 219 g/mol.